The smallest absolute Gasteiger partial charge is 2.00 e. The van der Waals surface area contributed by atoms with Crippen LogP contribution in [0.4, 0.5) is 0 Å². The normalized spacial score (nSPS) is 0. The van der Waals surface area contributed by atoms with Gasteiger partial charge in [-0.05, 0) is 0 Å². The zero-order chi connectivity index (χ0) is 0. The van der Waals surface area contributed by atoms with Gasteiger partial charge in [0.15, 0.2) is 0 Å². The molecule has 0 aliphatic carbocycles. The Morgan fingerprint density at radius 2 is 0.286 bits per heavy atom. The van der Waals surface area contributed by atoms with Gasteiger partial charge in [0, 0.05) is 43.9 Å². The second-order valence-electron chi connectivity index (χ2n) is 0. The molecule has 0 aromatic rings. The molecule has 0 saturated carbocycles. The van der Waals surface area contributed by atoms with Gasteiger partial charge in [0.05, 0.1) is 0 Å². The summed E-state index contributed by atoms with van der Waals surface area (Å²) in [5.41, 5.74) is 0. The van der Waals surface area contributed by atoms with E-state index in [4.69, 9.17) is 0 Å². The molecule has 0 unspecified atom stereocenters. The van der Waals surface area contributed by atoms with Crippen LogP contribution in [0, 0.1) is 0 Å². The molecule has 0 aromatic heterocycles. The third-order valence-corrected chi connectivity index (χ3v) is 0. The molecule has 0 atom stereocenters. The van der Waals surface area contributed by atoms with Crippen LogP contribution in [0.1, 0.15) is 0 Å². The summed E-state index contributed by atoms with van der Waals surface area (Å²) in [7, 11) is 0. The van der Waals surface area contributed by atoms with Crippen molar-refractivity contribution in [1.29, 1.82) is 0 Å². The first-order valence-electron chi connectivity index (χ1n) is 0. The SMILES string of the molecule is O.O.O.O.[Al+3].[Mg+2].[O-2].[O-2].[O-2].[O-2].[O-2].[O-2].[O-2].[O-2].[O-2].[O-2].[OH-].[Si].[Si].[Si].[Si]. The molecule has 0 heterocycles. The summed E-state index contributed by atoms with van der Waals surface area (Å²) in [5.74, 6) is 0. The molecule has 21 heavy (non-hydrogen) atoms. The minimum absolute atomic E-state index is 0. The number of hydrogen-bond acceptors (Lipinski definition) is 1. The van der Waals surface area contributed by atoms with E-state index in [2.05, 4.69) is 0 Å². The van der Waals surface area contributed by atoms with Gasteiger partial charge in [-0.1, -0.05) is 0 Å². The van der Waals surface area contributed by atoms with Crippen LogP contribution in [0.5, 0.6) is 0 Å². The Bertz CT molecular complexity index is 25.6. The van der Waals surface area contributed by atoms with Gasteiger partial charge in [0.25, 0.3) is 0 Å². The van der Waals surface area contributed by atoms with Crippen LogP contribution < -0.4 is 0 Å². The van der Waals surface area contributed by atoms with Crippen molar-refractivity contribution in [2.24, 2.45) is 0 Å². The molecule has 0 aliphatic rings. The molecule has 0 fully saturated rings. The van der Waals surface area contributed by atoms with E-state index in [1.54, 1.807) is 0 Å². The Kier molecular flexibility index (Phi) is 758000. The van der Waals surface area contributed by atoms with E-state index in [1.807, 2.05) is 0 Å². The molecule has 0 rings (SSSR count). The monoisotopic (exact) mass is 412 g/mol. The molecule has 21 heteroatoms. The fourth-order valence-corrected chi connectivity index (χ4v) is 0. The summed E-state index contributed by atoms with van der Waals surface area (Å²) in [4.78, 5) is 0. The molecule has 0 saturated heterocycles. The van der Waals surface area contributed by atoms with Gasteiger partial charge < -0.3 is 82.1 Å². The Morgan fingerprint density at radius 3 is 0.286 bits per heavy atom. The fourth-order valence-electron chi connectivity index (χ4n) is 0. The molecule has 0 bridgehead atoms. The van der Waals surface area contributed by atoms with E-state index in [0.717, 1.165) is 0 Å². The van der Waals surface area contributed by atoms with E-state index in [9.17, 15) is 0 Å². The average molecular weight is 413 g/mol. The van der Waals surface area contributed by atoms with E-state index < -0.39 is 0 Å². The predicted octanol–water partition coefficient (Wildman–Crippen LogP) is -6.95. The van der Waals surface area contributed by atoms with E-state index in [0.29, 0.717) is 0 Å². The van der Waals surface area contributed by atoms with Crippen LogP contribution in [0.15, 0.2) is 0 Å². The van der Waals surface area contributed by atoms with Gasteiger partial charge in [-0.15, -0.1) is 0 Å². The van der Waals surface area contributed by atoms with Gasteiger partial charge >= 0.3 is 40.4 Å². The van der Waals surface area contributed by atoms with Crippen molar-refractivity contribution in [3.8, 4) is 0 Å². The Morgan fingerprint density at radius 1 is 0.286 bits per heavy atom. The van der Waals surface area contributed by atoms with Crippen molar-refractivity contribution in [2.45, 2.75) is 0 Å². The Labute approximate surface area is 166 Å². The molecule has 0 aliphatic heterocycles. The third-order valence-electron chi connectivity index (χ3n) is 0. The molecule has 0 amide bonds. The van der Waals surface area contributed by atoms with Crippen LogP contribution in [0.25, 0.3) is 0 Å². The summed E-state index contributed by atoms with van der Waals surface area (Å²) < 4.78 is 0. The van der Waals surface area contributed by atoms with Crippen molar-refractivity contribution in [3.05, 3.63) is 0 Å². The van der Waals surface area contributed by atoms with E-state index >= 15 is 0 Å². The van der Waals surface area contributed by atoms with Crippen LogP contribution in [0.2, 0.25) is 0 Å². The van der Waals surface area contributed by atoms with Crippen molar-refractivity contribution in [2.75, 3.05) is 0 Å². The molecule has 9 N–H and O–H groups in total. The maximum Gasteiger partial charge on any atom is 3.00 e. The topological polar surface area (TPSA) is 441 Å². The summed E-state index contributed by atoms with van der Waals surface area (Å²) in [6.07, 6.45) is 0. The average Bonchev–Trinajstić information content (AvgIpc) is 0. The van der Waals surface area contributed by atoms with Gasteiger partial charge in [-0.3, -0.25) is 0 Å². The number of rotatable bonds is 0. The molecular formula is H9AlMgO15Si4-16. The molecule has 16 radical (unpaired) electrons. The zero-order valence-corrected chi connectivity index (χ0v) is 16.4. The summed E-state index contributed by atoms with van der Waals surface area (Å²) in [5, 5.41) is 0. The molecular weight excluding hydrogens is 404 g/mol. The molecule has 0 spiro atoms. The first-order chi connectivity index (χ1) is 0. The second-order valence-corrected chi connectivity index (χ2v) is 0. The first kappa shape index (κ1) is 4280. The standard InChI is InChI=1S/Al.Mg.5H2O.10O.4Si/h;;5*1H2;;;;;;;;;;;;;;/q+3;+2;;;;;;10*-2;;;;/p-1. The maximum absolute atomic E-state index is 0. The van der Waals surface area contributed by atoms with Gasteiger partial charge in [-0.2, -0.15) is 0 Å². The van der Waals surface area contributed by atoms with Crippen LogP contribution in [-0.4, -0.2) is 112 Å². The second kappa shape index (κ2) is 3720. The zero-order valence-electron chi connectivity index (χ0n) is 9.81. The minimum atomic E-state index is 0. The minimum Gasteiger partial charge on any atom is -2.00 e. The summed E-state index contributed by atoms with van der Waals surface area (Å²) >= 11 is 0. The summed E-state index contributed by atoms with van der Waals surface area (Å²) in [6, 6.07) is 0. The van der Waals surface area contributed by atoms with Crippen LogP contribution in [0.3, 0.4) is 0 Å². The van der Waals surface area contributed by atoms with Crippen molar-refractivity contribution >= 4 is 84.3 Å². The van der Waals surface area contributed by atoms with Crippen molar-refractivity contribution in [3.63, 3.8) is 0 Å². The fraction of sp³-hybridized carbons (Fsp3) is 0. The molecule has 0 aromatic carbocycles. The molecule has 15 nitrogen and oxygen atoms in total. The van der Waals surface area contributed by atoms with E-state index in [-0.39, 0.29) is 166 Å². The van der Waals surface area contributed by atoms with Crippen molar-refractivity contribution in [1.82, 2.24) is 0 Å². The van der Waals surface area contributed by atoms with Gasteiger partial charge in [0.2, 0.25) is 0 Å². The quantitative estimate of drug-likeness (QED) is 0.343. The third kappa shape index (κ3) is 3370. The Balaban J connectivity index is 0. The van der Waals surface area contributed by atoms with E-state index in [1.165, 1.54) is 0 Å². The first-order valence-corrected chi connectivity index (χ1v) is 0. The maximum atomic E-state index is 0. The number of hydrogen-bond donors (Lipinski definition) is 0. The van der Waals surface area contributed by atoms with Gasteiger partial charge in [-0.25, -0.2) is 0 Å². The predicted molar refractivity (Wildman–Crippen MR) is 57.8 cm³/mol. The van der Waals surface area contributed by atoms with Crippen LogP contribution in [-0.2, 0) is 54.8 Å². The van der Waals surface area contributed by atoms with Crippen LogP contribution >= 0.6 is 0 Å². The molecule has 136 valence electrons. The van der Waals surface area contributed by atoms with Gasteiger partial charge in [0.1, 0.15) is 0 Å². The van der Waals surface area contributed by atoms with Crippen molar-refractivity contribution < 1.29 is 82.1 Å². The Hall–Kier alpha value is 1.57. The largest absolute Gasteiger partial charge is 3.00 e. The summed E-state index contributed by atoms with van der Waals surface area (Å²) in [6.45, 7) is 0.